The fraction of sp³-hybridized carbons (Fsp3) is 0.688. The fourth-order valence-electron chi connectivity index (χ4n) is 1.94. The molecule has 0 bridgehead atoms. The highest BCUT2D eigenvalue weighted by Gasteiger charge is 1.98. The van der Waals surface area contributed by atoms with Crippen molar-refractivity contribution in [3.8, 4) is 0 Å². The van der Waals surface area contributed by atoms with Crippen LogP contribution in [0.3, 0.4) is 0 Å². The SMILES string of the molecule is C=C(C/C=C/CCCCCCCC(=O)O)CC(C)O. The molecule has 0 heterocycles. The van der Waals surface area contributed by atoms with Gasteiger partial charge in [-0.2, -0.15) is 0 Å². The van der Waals surface area contributed by atoms with Crippen molar-refractivity contribution >= 4 is 5.97 Å². The van der Waals surface area contributed by atoms with Crippen LogP contribution in [0, 0.1) is 0 Å². The fourth-order valence-corrected chi connectivity index (χ4v) is 1.94. The van der Waals surface area contributed by atoms with Gasteiger partial charge in [0.2, 0.25) is 0 Å². The quantitative estimate of drug-likeness (QED) is 0.414. The molecule has 0 aromatic heterocycles. The number of aliphatic carboxylic acids is 1. The van der Waals surface area contributed by atoms with Gasteiger partial charge in [0, 0.05) is 6.42 Å². The number of carboxylic acids is 1. The van der Waals surface area contributed by atoms with Crippen molar-refractivity contribution in [3.63, 3.8) is 0 Å². The van der Waals surface area contributed by atoms with Crippen molar-refractivity contribution in [1.29, 1.82) is 0 Å². The van der Waals surface area contributed by atoms with Crippen LogP contribution < -0.4 is 0 Å². The molecule has 0 fully saturated rings. The van der Waals surface area contributed by atoms with Crippen LogP contribution in [0.15, 0.2) is 24.3 Å². The number of allylic oxidation sites excluding steroid dienone is 2. The summed E-state index contributed by atoms with van der Waals surface area (Å²) >= 11 is 0. The predicted molar refractivity (Wildman–Crippen MR) is 79.1 cm³/mol. The molecule has 0 aliphatic carbocycles. The summed E-state index contributed by atoms with van der Waals surface area (Å²) in [5, 5.41) is 17.7. The minimum absolute atomic E-state index is 0.297. The summed E-state index contributed by atoms with van der Waals surface area (Å²) in [7, 11) is 0. The third-order valence-electron chi connectivity index (χ3n) is 2.92. The van der Waals surface area contributed by atoms with Gasteiger partial charge in [-0.3, -0.25) is 4.79 Å². The smallest absolute Gasteiger partial charge is 0.303 e. The largest absolute Gasteiger partial charge is 0.481 e. The molecule has 1 atom stereocenters. The lowest BCUT2D eigenvalue weighted by atomic mass is 10.1. The molecule has 0 aliphatic rings. The van der Waals surface area contributed by atoms with E-state index in [-0.39, 0.29) is 6.10 Å². The summed E-state index contributed by atoms with van der Waals surface area (Å²) in [4.78, 5) is 10.3. The van der Waals surface area contributed by atoms with E-state index in [1.165, 1.54) is 6.42 Å². The predicted octanol–water partition coefficient (Wildman–Crippen LogP) is 4.08. The average molecular weight is 268 g/mol. The Bertz CT molecular complexity index is 280. The second-order valence-electron chi connectivity index (χ2n) is 5.18. The Balaban J connectivity index is 3.30. The van der Waals surface area contributed by atoms with Crippen LogP contribution in [0.5, 0.6) is 0 Å². The van der Waals surface area contributed by atoms with Gasteiger partial charge in [-0.25, -0.2) is 0 Å². The number of carboxylic acid groups (broad SMARTS) is 1. The van der Waals surface area contributed by atoms with Gasteiger partial charge < -0.3 is 10.2 Å². The first kappa shape index (κ1) is 17.9. The van der Waals surface area contributed by atoms with Crippen molar-refractivity contribution in [1.82, 2.24) is 0 Å². The molecule has 0 rings (SSSR count). The van der Waals surface area contributed by atoms with Gasteiger partial charge >= 0.3 is 5.97 Å². The van der Waals surface area contributed by atoms with Crippen LogP contribution in [-0.4, -0.2) is 22.3 Å². The summed E-state index contributed by atoms with van der Waals surface area (Å²) in [6.45, 7) is 5.69. The second-order valence-corrected chi connectivity index (χ2v) is 5.18. The van der Waals surface area contributed by atoms with E-state index in [9.17, 15) is 9.90 Å². The van der Waals surface area contributed by atoms with E-state index in [2.05, 4.69) is 18.7 Å². The van der Waals surface area contributed by atoms with Gasteiger partial charge in [0.25, 0.3) is 0 Å². The highest BCUT2D eigenvalue weighted by Crippen LogP contribution is 2.10. The normalized spacial score (nSPS) is 12.7. The first-order valence-electron chi connectivity index (χ1n) is 7.24. The van der Waals surface area contributed by atoms with Crippen LogP contribution in [0.4, 0.5) is 0 Å². The average Bonchev–Trinajstić information content (AvgIpc) is 2.30. The lowest BCUT2D eigenvalue weighted by Gasteiger charge is -2.04. The maximum absolute atomic E-state index is 10.3. The van der Waals surface area contributed by atoms with Crippen molar-refractivity contribution in [3.05, 3.63) is 24.3 Å². The Labute approximate surface area is 117 Å². The molecule has 0 saturated heterocycles. The van der Waals surface area contributed by atoms with Gasteiger partial charge in [-0.15, -0.1) is 0 Å². The molecular formula is C16H28O3. The molecule has 3 heteroatoms. The summed E-state index contributed by atoms with van der Waals surface area (Å²) in [5.74, 6) is -0.694. The molecule has 1 unspecified atom stereocenters. The van der Waals surface area contributed by atoms with Crippen LogP contribution >= 0.6 is 0 Å². The Morgan fingerprint density at radius 1 is 1.16 bits per heavy atom. The first-order chi connectivity index (χ1) is 9.02. The molecule has 110 valence electrons. The van der Waals surface area contributed by atoms with E-state index >= 15 is 0 Å². The van der Waals surface area contributed by atoms with E-state index < -0.39 is 5.97 Å². The third kappa shape index (κ3) is 14.9. The second kappa shape index (κ2) is 12.0. The minimum Gasteiger partial charge on any atom is -0.481 e. The van der Waals surface area contributed by atoms with Crippen LogP contribution in [0.25, 0.3) is 0 Å². The van der Waals surface area contributed by atoms with E-state index in [4.69, 9.17) is 5.11 Å². The summed E-state index contributed by atoms with van der Waals surface area (Å²) < 4.78 is 0. The maximum Gasteiger partial charge on any atom is 0.303 e. The first-order valence-corrected chi connectivity index (χ1v) is 7.24. The van der Waals surface area contributed by atoms with E-state index in [0.717, 1.165) is 44.1 Å². The molecule has 0 spiro atoms. The summed E-state index contributed by atoms with van der Waals surface area (Å²) in [5.41, 5.74) is 1.07. The van der Waals surface area contributed by atoms with E-state index in [1.54, 1.807) is 6.92 Å². The summed E-state index contributed by atoms with van der Waals surface area (Å²) in [6.07, 6.45) is 12.1. The highest BCUT2D eigenvalue weighted by molar-refractivity contribution is 5.66. The van der Waals surface area contributed by atoms with Crippen molar-refractivity contribution in [2.24, 2.45) is 0 Å². The van der Waals surface area contributed by atoms with Crippen LogP contribution in [-0.2, 0) is 4.79 Å². The lowest BCUT2D eigenvalue weighted by molar-refractivity contribution is -0.137. The Morgan fingerprint density at radius 3 is 2.42 bits per heavy atom. The molecule has 19 heavy (non-hydrogen) atoms. The molecule has 3 nitrogen and oxygen atoms in total. The molecule has 0 aromatic carbocycles. The minimum atomic E-state index is -0.694. The topological polar surface area (TPSA) is 57.5 Å². The Kier molecular flexibility index (Phi) is 11.3. The van der Waals surface area contributed by atoms with Crippen molar-refractivity contribution < 1.29 is 15.0 Å². The number of carbonyl (C=O) groups is 1. The monoisotopic (exact) mass is 268 g/mol. The van der Waals surface area contributed by atoms with Crippen LogP contribution in [0.1, 0.15) is 64.7 Å². The number of rotatable bonds is 12. The Hall–Kier alpha value is -1.09. The van der Waals surface area contributed by atoms with Crippen LogP contribution in [0.2, 0.25) is 0 Å². The lowest BCUT2D eigenvalue weighted by Crippen LogP contribution is -1.99. The zero-order chi connectivity index (χ0) is 14.5. The summed E-state index contributed by atoms with van der Waals surface area (Å²) in [6, 6.07) is 0. The van der Waals surface area contributed by atoms with Crippen molar-refractivity contribution in [2.75, 3.05) is 0 Å². The molecule has 0 aromatic rings. The van der Waals surface area contributed by atoms with Gasteiger partial charge in [-0.1, -0.05) is 43.6 Å². The molecule has 0 saturated carbocycles. The number of hydrogen-bond acceptors (Lipinski definition) is 2. The molecule has 2 N–H and O–H groups in total. The van der Waals surface area contributed by atoms with Gasteiger partial charge in [0.05, 0.1) is 6.10 Å². The zero-order valence-corrected chi connectivity index (χ0v) is 12.1. The number of unbranched alkanes of at least 4 members (excludes halogenated alkanes) is 5. The maximum atomic E-state index is 10.3. The number of aliphatic hydroxyl groups is 1. The number of hydrogen-bond donors (Lipinski definition) is 2. The van der Waals surface area contributed by atoms with Crippen molar-refractivity contribution in [2.45, 2.75) is 70.8 Å². The standard InChI is InChI=1S/C16H28O3/c1-14(13-15(2)17)11-9-7-5-3-4-6-8-10-12-16(18)19/h7,9,15,17H,1,3-6,8,10-13H2,2H3,(H,18,19)/b9-7+. The molecular weight excluding hydrogens is 240 g/mol. The van der Waals surface area contributed by atoms with Gasteiger partial charge in [0.1, 0.15) is 0 Å². The zero-order valence-electron chi connectivity index (χ0n) is 12.1. The number of aliphatic hydroxyl groups excluding tert-OH is 1. The Morgan fingerprint density at radius 2 is 1.79 bits per heavy atom. The van der Waals surface area contributed by atoms with E-state index in [0.29, 0.717) is 12.8 Å². The third-order valence-corrected chi connectivity index (χ3v) is 2.92. The molecule has 0 amide bonds. The van der Waals surface area contributed by atoms with Gasteiger partial charge in [0.15, 0.2) is 0 Å². The molecule has 0 aliphatic heterocycles. The molecule has 0 radical (unpaired) electrons. The van der Waals surface area contributed by atoms with Gasteiger partial charge in [-0.05, 0) is 39.0 Å². The van der Waals surface area contributed by atoms with E-state index in [1.807, 2.05) is 0 Å². The highest BCUT2D eigenvalue weighted by atomic mass is 16.4.